The summed E-state index contributed by atoms with van der Waals surface area (Å²) < 4.78 is 18.7. The summed E-state index contributed by atoms with van der Waals surface area (Å²) in [5.74, 6) is -1.95. The molecule has 0 unspecified atom stereocenters. The maximum absolute atomic E-state index is 13.6. The topological polar surface area (TPSA) is 84.5 Å². The van der Waals surface area contributed by atoms with E-state index in [4.69, 9.17) is 4.74 Å². The fourth-order valence-electron chi connectivity index (χ4n) is 3.31. The van der Waals surface area contributed by atoms with Gasteiger partial charge in [-0.3, -0.25) is 14.4 Å². The molecule has 6 nitrogen and oxygen atoms in total. The molecule has 1 saturated carbocycles. The van der Waals surface area contributed by atoms with Gasteiger partial charge in [0.25, 0.3) is 5.91 Å². The maximum Gasteiger partial charge on any atom is 0.313 e. The third kappa shape index (κ3) is 6.05. The third-order valence-electron chi connectivity index (χ3n) is 4.49. The SMILES string of the molecule is CC(C)(C)NC(=O)CC1(C(=O)OCC(=O)Nc2ccccc2F)CCCC1. The number of halogens is 1. The molecule has 0 aliphatic heterocycles. The zero-order valence-corrected chi connectivity index (χ0v) is 16.1. The highest BCUT2D eigenvalue weighted by molar-refractivity contribution is 5.94. The molecule has 1 aromatic rings. The Balaban J connectivity index is 1.94. The fraction of sp³-hybridized carbons (Fsp3) is 0.550. The van der Waals surface area contributed by atoms with E-state index < -0.39 is 29.7 Å². The number of amides is 2. The van der Waals surface area contributed by atoms with Crippen molar-refractivity contribution in [2.24, 2.45) is 5.41 Å². The van der Waals surface area contributed by atoms with Gasteiger partial charge in [0.1, 0.15) is 5.82 Å². The van der Waals surface area contributed by atoms with Crippen LogP contribution in [0.25, 0.3) is 0 Å². The van der Waals surface area contributed by atoms with Gasteiger partial charge in [-0.2, -0.15) is 0 Å². The van der Waals surface area contributed by atoms with Crippen molar-refractivity contribution in [3.05, 3.63) is 30.1 Å². The van der Waals surface area contributed by atoms with Crippen LogP contribution in [0.4, 0.5) is 10.1 Å². The summed E-state index contributed by atoms with van der Waals surface area (Å²) >= 11 is 0. The van der Waals surface area contributed by atoms with Crippen LogP contribution in [0, 0.1) is 11.2 Å². The van der Waals surface area contributed by atoms with Crippen LogP contribution in [0.1, 0.15) is 52.9 Å². The van der Waals surface area contributed by atoms with E-state index in [1.54, 1.807) is 6.07 Å². The van der Waals surface area contributed by atoms with Crippen molar-refractivity contribution in [3.8, 4) is 0 Å². The van der Waals surface area contributed by atoms with Crippen LogP contribution in [0.2, 0.25) is 0 Å². The minimum atomic E-state index is -0.895. The van der Waals surface area contributed by atoms with Gasteiger partial charge in [0.05, 0.1) is 11.1 Å². The smallest absolute Gasteiger partial charge is 0.313 e. The molecule has 7 heteroatoms. The highest BCUT2D eigenvalue weighted by Crippen LogP contribution is 2.42. The van der Waals surface area contributed by atoms with E-state index in [0.717, 1.165) is 12.8 Å². The van der Waals surface area contributed by atoms with Crippen molar-refractivity contribution >= 4 is 23.5 Å². The lowest BCUT2D eigenvalue weighted by atomic mass is 9.82. The molecule has 0 bridgehead atoms. The number of hydrogen-bond donors (Lipinski definition) is 2. The summed E-state index contributed by atoms with van der Waals surface area (Å²) in [5.41, 5.74) is -1.26. The number of hydrogen-bond acceptors (Lipinski definition) is 4. The van der Waals surface area contributed by atoms with Crippen LogP contribution in [-0.4, -0.2) is 29.9 Å². The molecule has 0 radical (unpaired) electrons. The predicted octanol–water partition coefficient (Wildman–Crippen LogP) is 3.17. The summed E-state index contributed by atoms with van der Waals surface area (Å²) in [6.07, 6.45) is 2.81. The monoisotopic (exact) mass is 378 g/mol. The van der Waals surface area contributed by atoms with Crippen molar-refractivity contribution in [1.29, 1.82) is 0 Å². The van der Waals surface area contributed by atoms with Gasteiger partial charge in [0.2, 0.25) is 5.91 Å². The Morgan fingerprint density at radius 1 is 1.11 bits per heavy atom. The molecule has 1 aliphatic rings. The van der Waals surface area contributed by atoms with Gasteiger partial charge in [-0.1, -0.05) is 25.0 Å². The number of para-hydroxylation sites is 1. The van der Waals surface area contributed by atoms with E-state index in [2.05, 4.69) is 10.6 Å². The molecule has 2 amide bonds. The van der Waals surface area contributed by atoms with Crippen molar-refractivity contribution in [3.63, 3.8) is 0 Å². The standard InChI is InChI=1S/C20H27FN2O4/c1-19(2,3)23-16(24)12-20(10-6-7-11-20)18(26)27-13-17(25)22-15-9-5-4-8-14(15)21/h4-5,8-9H,6-7,10-13H2,1-3H3,(H,22,25)(H,23,24). The summed E-state index contributed by atoms with van der Waals surface area (Å²) in [7, 11) is 0. The Hall–Kier alpha value is -2.44. The molecule has 148 valence electrons. The fourth-order valence-corrected chi connectivity index (χ4v) is 3.31. The Bertz CT molecular complexity index is 706. The molecule has 1 aromatic carbocycles. The van der Waals surface area contributed by atoms with E-state index in [1.807, 2.05) is 20.8 Å². The minimum Gasteiger partial charge on any atom is -0.455 e. The first-order valence-corrected chi connectivity index (χ1v) is 9.14. The predicted molar refractivity (Wildman–Crippen MR) is 99.4 cm³/mol. The number of nitrogens with one attached hydrogen (secondary N) is 2. The minimum absolute atomic E-state index is 0.0266. The Morgan fingerprint density at radius 2 is 1.74 bits per heavy atom. The van der Waals surface area contributed by atoms with Crippen molar-refractivity contribution in [1.82, 2.24) is 5.32 Å². The lowest BCUT2D eigenvalue weighted by Gasteiger charge is -2.28. The molecule has 1 aliphatic carbocycles. The lowest BCUT2D eigenvalue weighted by Crippen LogP contribution is -2.44. The Morgan fingerprint density at radius 3 is 2.33 bits per heavy atom. The highest BCUT2D eigenvalue weighted by atomic mass is 19.1. The van der Waals surface area contributed by atoms with Gasteiger partial charge in [0, 0.05) is 12.0 Å². The van der Waals surface area contributed by atoms with Gasteiger partial charge < -0.3 is 15.4 Å². The first-order valence-electron chi connectivity index (χ1n) is 9.14. The zero-order valence-electron chi connectivity index (χ0n) is 16.1. The van der Waals surface area contributed by atoms with Crippen LogP contribution in [0.5, 0.6) is 0 Å². The summed E-state index contributed by atoms with van der Waals surface area (Å²) in [4.78, 5) is 36.9. The van der Waals surface area contributed by atoms with E-state index in [1.165, 1.54) is 18.2 Å². The summed E-state index contributed by atoms with van der Waals surface area (Å²) in [6.45, 7) is 5.10. The molecule has 0 saturated heterocycles. The maximum atomic E-state index is 13.6. The largest absolute Gasteiger partial charge is 0.455 e. The van der Waals surface area contributed by atoms with Crippen molar-refractivity contribution in [2.75, 3.05) is 11.9 Å². The van der Waals surface area contributed by atoms with Crippen LogP contribution in [-0.2, 0) is 19.1 Å². The van der Waals surface area contributed by atoms with E-state index >= 15 is 0 Å². The van der Waals surface area contributed by atoms with Crippen molar-refractivity contribution < 1.29 is 23.5 Å². The Labute approximate surface area is 158 Å². The van der Waals surface area contributed by atoms with E-state index in [-0.39, 0.29) is 23.6 Å². The number of rotatable bonds is 6. The second-order valence-corrected chi connectivity index (χ2v) is 8.07. The highest BCUT2D eigenvalue weighted by Gasteiger charge is 2.44. The first kappa shape index (κ1) is 20.9. The number of carbonyl (C=O) groups excluding carboxylic acids is 3. The number of carbonyl (C=O) groups is 3. The van der Waals surface area contributed by atoms with Gasteiger partial charge in [-0.15, -0.1) is 0 Å². The summed E-state index contributed by atoms with van der Waals surface area (Å²) in [6, 6.07) is 5.75. The second-order valence-electron chi connectivity index (χ2n) is 8.07. The molecule has 0 heterocycles. The third-order valence-corrected chi connectivity index (χ3v) is 4.49. The molecule has 2 rings (SSSR count). The average Bonchev–Trinajstić information content (AvgIpc) is 3.02. The number of anilines is 1. The van der Waals surface area contributed by atoms with E-state index in [0.29, 0.717) is 12.8 Å². The quantitative estimate of drug-likeness (QED) is 0.745. The van der Waals surface area contributed by atoms with Crippen LogP contribution >= 0.6 is 0 Å². The van der Waals surface area contributed by atoms with Crippen LogP contribution < -0.4 is 10.6 Å². The molecule has 0 spiro atoms. The van der Waals surface area contributed by atoms with E-state index in [9.17, 15) is 18.8 Å². The normalized spacial score (nSPS) is 15.9. The van der Waals surface area contributed by atoms with Crippen LogP contribution in [0.3, 0.4) is 0 Å². The number of esters is 1. The van der Waals surface area contributed by atoms with Gasteiger partial charge in [-0.05, 0) is 45.7 Å². The summed E-state index contributed by atoms with van der Waals surface area (Å²) in [5, 5.41) is 5.23. The molecule has 27 heavy (non-hydrogen) atoms. The molecule has 1 fully saturated rings. The molecular formula is C20H27FN2O4. The van der Waals surface area contributed by atoms with Gasteiger partial charge in [-0.25, -0.2) is 4.39 Å². The molecule has 2 N–H and O–H groups in total. The first-order chi connectivity index (χ1) is 12.6. The second kappa shape index (κ2) is 8.50. The Kier molecular flexibility index (Phi) is 6.57. The number of benzene rings is 1. The molecular weight excluding hydrogens is 351 g/mol. The van der Waals surface area contributed by atoms with Gasteiger partial charge in [0.15, 0.2) is 6.61 Å². The zero-order chi connectivity index (χ0) is 20.1. The van der Waals surface area contributed by atoms with Crippen LogP contribution in [0.15, 0.2) is 24.3 Å². The van der Waals surface area contributed by atoms with Crippen molar-refractivity contribution in [2.45, 2.75) is 58.4 Å². The molecule has 0 aromatic heterocycles. The lowest BCUT2D eigenvalue weighted by molar-refractivity contribution is -0.160. The van der Waals surface area contributed by atoms with Gasteiger partial charge >= 0.3 is 5.97 Å². The molecule has 0 atom stereocenters. The average molecular weight is 378 g/mol. The number of ether oxygens (including phenoxy) is 1.